The van der Waals surface area contributed by atoms with E-state index in [1.54, 1.807) is 0 Å². The highest BCUT2D eigenvalue weighted by Gasteiger charge is 2.41. The molecule has 2 heterocycles. The van der Waals surface area contributed by atoms with Crippen molar-refractivity contribution in [2.24, 2.45) is 15.7 Å². The van der Waals surface area contributed by atoms with Crippen LogP contribution in [0, 0.1) is 0 Å². The molecule has 3 N–H and O–H groups in total. The van der Waals surface area contributed by atoms with Crippen molar-refractivity contribution in [3.05, 3.63) is 89.5 Å². The zero-order valence-corrected chi connectivity index (χ0v) is 16.8. The Morgan fingerprint density at radius 1 is 1.07 bits per heavy atom. The van der Waals surface area contributed by atoms with Crippen molar-refractivity contribution >= 4 is 12.6 Å². The summed E-state index contributed by atoms with van der Waals surface area (Å²) in [4.78, 5) is 8.52. The van der Waals surface area contributed by atoms with Crippen LogP contribution in [0.15, 0.2) is 82.8 Å². The van der Waals surface area contributed by atoms with Gasteiger partial charge in [0.15, 0.2) is 5.70 Å². The lowest BCUT2D eigenvalue weighted by Gasteiger charge is -2.40. The van der Waals surface area contributed by atoms with Gasteiger partial charge in [-0.05, 0) is 47.6 Å². The van der Waals surface area contributed by atoms with Gasteiger partial charge in [-0.3, -0.25) is 4.99 Å². The smallest absolute Gasteiger partial charge is 0.219 e. The van der Waals surface area contributed by atoms with Crippen LogP contribution in [-0.2, 0) is 13.2 Å². The first kappa shape index (κ1) is 18.9. The molecule has 1 fully saturated rings. The summed E-state index contributed by atoms with van der Waals surface area (Å²) in [6.45, 7) is 1.10. The predicted octanol–water partition coefficient (Wildman–Crippen LogP) is 3.73. The zero-order valence-electron chi connectivity index (χ0n) is 16.8. The van der Waals surface area contributed by atoms with Crippen LogP contribution in [0.4, 0.5) is 0 Å². The summed E-state index contributed by atoms with van der Waals surface area (Å²) in [5, 5.41) is 0. The molecule has 5 rings (SSSR count). The first-order valence-corrected chi connectivity index (χ1v) is 10.4. The quantitative estimate of drug-likeness (QED) is 0.696. The van der Waals surface area contributed by atoms with Crippen molar-refractivity contribution in [1.29, 1.82) is 0 Å². The van der Waals surface area contributed by atoms with Gasteiger partial charge in [-0.2, -0.15) is 0 Å². The van der Waals surface area contributed by atoms with Crippen LogP contribution in [0.2, 0.25) is 0 Å². The van der Waals surface area contributed by atoms with Crippen LogP contribution < -0.4 is 15.9 Å². The minimum atomic E-state index is 0.433. The standard InChI is InChI=1S/C24H26N5O/c25-13-18-3-1-4-19(9-18)16-30-24-6-2-5-20(12-24)21-10-22(11-21)28-29-8-7-26-14-23(29)15-27-17-29/h1-9,12,14-15,17,21-22,28H,10-11,13,16,25H2/q+1. The number of fused-ring (bicyclic) bond motifs is 1. The Bertz CT molecular complexity index is 1050. The summed E-state index contributed by atoms with van der Waals surface area (Å²) in [5.41, 5.74) is 14.1. The molecule has 2 aliphatic heterocycles. The number of hydrogen-bond acceptors (Lipinski definition) is 5. The fraction of sp³-hybridized carbons (Fsp3) is 0.250. The van der Waals surface area contributed by atoms with Crippen LogP contribution >= 0.6 is 0 Å². The van der Waals surface area contributed by atoms with Crippen LogP contribution in [0.1, 0.15) is 35.4 Å². The molecular weight excluding hydrogens is 374 g/mol. The van der Waals surface area contributed by atoms with E-state index in [4.69, 9.17) is 10.5 Å². The molecule has 1 saturated carbocycles. The van der Waals surface area contributed by atoms with Crippen LogP contribution in [0.5, 0.6) is 5.75 Å². The lowest BCUT2D eigenvalue weighted by atomic mass is 9.76. The Labute approximate surface area is 176 Å². The van der Waals surface area contributed by atoms with Crippen LogP contribution in [-0.4, -0.2) is 23.2 Å². The van der Waals surface area contributed by atoms with Gasteiger partial charge in [0.2, 0.25) is 6.34 Å². The van der Waals surface area contributed by atoms with E-state index in [0.29, 0.717) is 29.7 Å². The minimum Gasteiger partial charge on any atom is -0.489 e. The Balaban J connectivity index is 1.18. The van der Waals surface area contributed by atoms with Gasteiger partial charge in [-0.15, -0.1) is 10.0 Å². The number of hydrogen-bond donors (Lipinski definition) is 2. The maximum atomic E-state index is 6.05. The Kier molecular flexibility index (Phi) is 5.04. The molecule has 0 radical (unpaired) electrons. The monoisotopic (exact) mass is 400 g/mol. The predicted molar refractivity (Wildman–Crippen MR) is 118 cm³/mol. The van der Waals surface area contributed by atoms with E-state index in [2.05, 4.69) is 45.7 Å². The minimum absolute atomic E-state index is 0.433. The molecule has 6 heteroatoms. The van der Waals surface area contributed by atoms with Gasteiger partial charge in [-0.25, -0.2) is 4.99 Å². The fourth-order valence-electron chi connectivity index (χ4n) is 4.21. The van der Waals surface area contributed by atoms with E-state index in [1.165, 1.54) is 5.56 Å². The van der Waals surface area contributed by atoms with Crippen LogP contribution in [0.25, 0.3) is 0 Å². The summed E-state index contributed by atoms with van der Waals surface area (Å²) >= 11 is 0. The molecule has 0 amide bonds. The number of allylic oxidation sites excluding steroid dienone is 1. The number of nitrogens with zero attached hydrogens (tertiary/aromatic N) is 3. The number of quaternary nitrogens is 1. The zero-order chi connectivity index (χ0) is 20.4. The van der Waals surface area contributed by atoms with E-state index in [9.17, 15) is 0 Å². The molecule has 30 heavy (non-hydrogen) atoms. The highest BCUT2D eigenvalue weighted by molar-refractivity contribution is 5.81. The lowest BCUT2D eigenvalue weighted by molar-refractivity contribution is -0.788. The molecule has 0 saturated heterocycles. The number of aliphatic imine (C=N–C) groups is 2. The summed E-state index contributed by atoms with van der Waals surface area (Å²) in [5.74, 6) is 1.45. The fourth-order valence-corrected chi connectivity index (χ4v) is 4.21. The molecule has 1 aliphatic carbocycles. The third-order valence-corrected chi connectivity index (χ3v) is 5.97. The first-order chi connectivity index (χ1) is 14.7. The Morgan fingerprint density at radius 3 is 2.83 bits per heavy atom. The molecule has 0 aromatic heterocycles. The average molecular weight is 401 g/mol. The molecule has 1 unspecified atom stereocenters. The van der Waals surface area contributed by atoms with E-state index < -0.39 is 0 Å². The van der Waals surface area contributed by atoms with Crippen molar-refractivity contribution in [3.63, 3.8) is 0 Å². The van der Waals surface area contributed by atoms with E-state index in [0.717, 1.165) is 35.4 Å². The van der Waals surface area contributed by atoms with Gasteiger partial charge in [0.1, 0.15) is 18.6 Å². The molecule has 3 aliphatic rings. The third kappa shape index (κ3) is 3.73. The average Bonchev–Trinajstić information content (AvgIpc) is 3.19. The second-order valence-corrected chi connectivity index (χ2v) is 8.05. The second kappa shape index (κ2) is 7.99. The van der Waals surface area contributed by atoms with Gasteiger partial charge >= 0.3 is 0 Å². The molecule has 0 spiro atoms. The lowest BCUT2D eigenvalue weighted by Crippen LogP contribution is -2.58. The first-order valence-electron chi connectivity index (χ1n) is 10.4. The van der Waals surface area contributed by atoms with Crippen molar-refractivity contribution in [1.82, 2.24) is 5.43 Å². The maximum absolute atomic E-state index is 6.05. The molecular formula is C24H26N5O+. The number of rotatable bonds is 7. The van der Waals surface area contributed by atoms with Crippen molar-refractivity contribution in [2.45, 2.75) is 38.0 Å². The molecule has 0 bridgehead atoms. The molecule has 2 aromatic carbocycles. The number of nitrogens with one attached hydrogen (secondary N) is 1. The van der Waals surface area contributed by atoms with Crippen molar-refractivity contribution < 1.29 is 9.33 Å². The van der Waals surface area contributed by atoms with Gasteiger partial charge in [0.05, 0.1) is 24.7 Å². The Hall–Kier alpha value is -3.06. The molecule has 6 nitrogen and oxygen atoms in total. The van der Waals surface area contributed by atoms with Gasteiger partial charge < -0.3 is 10.5 Å². The summed E-state index contributed by atoms with van der Waals surface area (Å²) < 4.78 is 6.51. The topological polar surface area (TPSA) is 72.0 Å². The summed E-state index contributed by atoms with van der Waals surface area (Å²) in [6.07, 6.45) is 11.7. The summed E-state index contributed by atoms with van der Waals surface area (Å²) in [7, 11) is 0. The van der Waals surface area contributed by atoms with E-state index in [1.807, 2.05) is 49.4 Å². The largest absolute Gasteiger partial charge is 0.489 e. The van der Waals surface area contributed by atoms with Gasteiger partial charge in [0, 0.05) is 6.54 Å². The highest BCUT2D eigenvalue weighted by Crippen LogP contribution is 2.39. The normalized spacial score (nSPS) is 26.2. The number of ether oxygens (including phenoxy) is 1. The molecule has 1 atom stereocenters. The SMILES string of the molecule is NCc1cccc(COc2cccc(C3CC(N[N+]45C=CN=CC4=CN=C5)C3)c2)c1. The van der Waals surface area contributed by atoms with Crippen molar-refractivity contribution in [3.8, 4) is 5.75 Å². The van der Waals surface area contributed by atoms with E-state index >= 15 is 0 Å². The highest BCUT2D eigenvalue weighted by atomic mass is 16.5. The van der Waals surface area contributed by atoms with Crippen molar-refractivity contribution in [2.75, 3.05) is 0 Å². The second-order valence-electron chi connectivity index (χ2n) is 8.05. The summed E-state index contributed by atoms with van der Waals surface area (Å²) in [6, 6.07) is 17.2. The van der Waals surface area contributed by atoms with Gasteiger partial charge in [0.25, 0.3) is 0 Å². The Morgan fingerprint density at radius 2 is 1.93 bits per heavy atom. The van der Waals surface area contributed by atoms with Gasteiger partial charge in [-0.1, -0.05) is 36.4 Å². The maximum Gasteiger partial charge on any atom is 0.219 e. The third-order valence-electron chi connectivity index (χ3n) is 5.97. The number of nitrogens with two attached hydrogens (primary N) is 1. The number of benzene rings is 2. The van der Waals surface area contributed by atoms with E-state index in [-0.39, 0.29) is 0 Å². The molecule has 2 aromatic rings. The molecule has 152 valence electrons. The van der Waals surface area contributed by atoms with Crippen LogP contribution in [0.3, 0.4) is 0 Å².